The lowest BCUT2D eigenvalue weighted by molar-refractivity contribution is 0.303. The summed E-state index contributed by atoms with van der Waals surface area (Å²) in [6.45, 7) is 25.8. The first-order chi connectivity index (χ1) is 19.3. The Bertz CT molecular complexity index is 1720. The predicted octanol–water partition coefficient (Wildman–Crippen LogP) is 7.42. The third-order valence-corrected chi connectivity index (χ3v) is 12.3. The van der Waals surface area contributed by atoms with Crippen molar-refractivity contribution in [2.24, 2.45) is 11.8 Å². The van der Waals surface area contributed by atoms with Crippen LogP contribution < -0.4 is 24.8 Å². The number of ether oxygens (including phenoxy) is 1. The molecule has 0 saturated heterocycles. The van der Waals surface area contributed by atoms with Crippen LogP contribution in [0.15, 0.2) is 24.3 Å². The topological polar surface area (TPSA) is 15.5 Å². The van der Waals surface area contributed by atoms with Crippen LogP contribution in [0.2, 0.25) is 0 Å². The molecule has 6 unspecified atom stereocenters. The minimum atomic E-state index is 0.399. The minimum Gasteiger partial charge on any atom is -0.455 e. The molecule has 6 atom stereocenters. The van der Waals surface area contributed by atoms with Gasteiger partial charge in [0.25, 0.3) is 0 Å². The van der Waals surface area contributed by atoms with Crippen LogP contribution in [-0.2, 0) is 0 Å². The van der Waals surface area contributed by atoms with E-state index in [2.05, 4.69) is 124 Å². The fourth-order valence-electron chi connectivity index (χ4n) is 8.18. The van der Waals surface area contributed by atoms with Gasteiger partial charge in [-0.05, 0) is 112 Å². The van der Waals surface area contributed by atoms with Crippen molar-refractivity contribution < 1.29 is 4.74 Å². The van der Waals surface area contributed by atoms with E-state index in [1.807, 2.05) is 0 Å². The van der Waals surface area contributed by atoms with Crippen LogP contribution in [0, 0.1) is 46.5 Å². The van der Waals surface area contributed by atoms with Gasteiger partial charge in [0, 0.05) is 58.6 Å². The Balaban J connectivity index is 1.82. The largest absolute Gasteiger partial charge is 0.455 e. The zero-order valence-electron chi connectivity index (χ0n) is 27.6. The molecule has 0 fully saturated rings. The van der Waals surface area contributed by atoms with Crippen LogP contribution >= 0.6 is 0 Å². The summed E-state index contributed by atoms with van der Waals surface area (Å²) in [5, 5.41) is 2.55. The Morgan fingerprint density at radius 1 is 0.683 bits per heavy atom. The molecule has 0 saturated carbocycles. The highest BCUT2D eigenvalue weighted by molar-refractivity contribution is 5.91. The van der Waals surface area contributed by atoms with Gasteiger partial charge in [-0.3, -0.25) is 0 Å². The number of rotatable bonds is 1. The zero-order valence-corrected chi connectivity index (χ0v) is 27.6. The summed E-state index contributed by atoms with van der Waals surface area (Å²) in [4.78, 5) is 2.47. The first-order valence-electron chi connectivity index (χ1n) is 15.7. The Morgan fingerprint density at radius 3 is 1.90 bits per heavy atom. The fourth-order valence-corrected chi connectivity index (χ4v) is 8.18. The quantitative estimate of drug-likeness (QED) is 0.230. The third-order valence-electron chi connectivity index (χ3n) is 12.3. The zero-order chi connectivity index (χ0) is 29.8. The molecule has 0 amide bonds. The highest BCUT2D eigenvalue weighted by atomic mass is 16.5. The summed E-state index contributed by atoms with van der Waals surface area (Å²) in [5.41, 5.74) is 15.0. The minimum absolute atomic E-state index is 0.399. The number of hydrogen-bond acceptors (Lipinski definition) is 2. The Morgan fingerprint density at radius 2 is 1.27 bits per heavy atom. The predicted molar refractivity (Wildman–Crippen MR) is 174 cm³/mol. The molecule has 41 heavy (non-hydrogen) atoms. The maximum Gasteiger partial charge on any atom is 0.207 e. The molecule has 0 spiro atoms. The van der Waals surface area contributed by atoms with E-state index in [1.165, 1.54) is 71.9 Å². The molecule has 3 heterocycles. The van der Waals surface area contributed by atoms with Gasteiger partial charge in [-0.2, -0.15) is 0 Å². The molecule has 3 aromatic carbocycles. The molecule has 3 aromatic rings. The van der Waals surface area contributed by atoms with Gasteiger partial charge in [-0.15, -0.1) is 0 Å². The summed E-state index contributed by atoms with van der Waals surface area (Å²) in [5.74, 6) is 4.00. The molecule has 0 N–H and O–H groups in total. The average Bonchev–Trinajstić information content (AvgIpc) is 2.97. The van der Waals surface area contributed by atoms with Crippen LogP contribution in [0.1, 0.15) is 103 Å². The first-order valence-corrected chi connectivity index (χ1v) is 15.7. The number of anilines is 1. The second-order valence-corrected chi connectivity index (χ2v) is 13.7. The van der Waals surface area contributed by atoms with Crippen molar-refractivity contribution >= 4 is 11.3 Å². The fraction of sp³-hybridized carbons (Fsp3) is 0.500. The molecule has 0 bridgehead atoms. The van der Waals surface area contributed by atoms with Crippen molar-refractivity contribution in [1.29, 1.82) is 0 Å². The van der Waals surface area contributed by atoms with Crippen LogP contribution in [0.5, 0.6) is 11.5 Å². The van der Waals surface area contributed by atoms with Gasteiger partial charge in [0.2, 0.25) is 5.36 Å². The molecule has 3 heteroatoms. The molecule has 0 aromatic heterocycles. The van der Waals surface area contributed by atoms with E-state index in [9.17, 15) is 0 Å². The van der Waals surface area contributed by atoms with Crippen LogP contribution in [0.3, 0.4) is 0 Å². The van der Waals surface area contributed by atoms with Gasteiger partial charge in [0.1, 0.15) is 18.5 Å². The lowest BCUT2D eigenvalue weighted by Crippen LogP contribution is -2.47. The molecular weight excluding hydrogens is 500 g/mol. The Hall–Kier alpha value is -3.07. The van der Waals surface area contributed by atoms with E-state index in [1.54, 1.807) is 0 Å². The van der Waals surface area contributed by atoms with Crippen LogP contribution in [0.25, 0.3) is 5.57 Å². The summed E-state index contributed by atoms with van der Waals surface area (Å²) < 4.78 is 9.79. The second kappa shape index (κ2) is 9.48. The van der Waals surface area contributed by atoms with E-state index >= 15 is 0 Å². The SMILES string of the molecule is Cc1c(C)c(C)c(C2=c3ccc4c(c3Oc3c2ccc2c3C(C)C(C)C(C)N2C)C(C)C(C)C(C)[N+]=4C)c(C)c1C. The van der Waals surface area contributed by atoms with E-state index < -0.39 is 0 Å². The van der Waals surface area contributed by atoms with Crippen molar-refractivity contribution in [2.45, 2.75) is 100 Å². The molecule has 6 rings (SSSR count). The van der Waals surface area contributed by atoms with Crippen molar-refractivity contribution in [3.63, 3.8) is 0 Å². The van der Waals surface area contributed by atoms with Crippen LogP contribution in [-0.4, -0.2) is 26.2 Å². The van der Waals surface area contributed by atoms with E-state index in [-0.39, 0.29) is 0 Å². The molecule has 0 radical (unpaired) electrons. The molecule has 3 aliphatic heterocycles. The molecule has 0 aliphatic carbocycles. The van der Waals surface area contributed by atoms with Gasteiger partial charge < -0.3 is 9.64 Å². The van der Waals surface area contributed by atoms with Gasteiger partial charge in [0.15, 0.2) is 6.04 Å². The van der Waals surface area contributed by atoms with E-state index in [4.69, 9.17) is 4.74 Å². The lowest BCUT2D eigenvalue weighted by atomic mass is 9.75. The van der Waals surface area contributed by atoms with Gasteiger partial charge in [-0.1, -0.05) is 27.7 Å². The highest BCUT2D eigenvalue weighted by Crippen LogP contribution is 2.52. The van der Waals surface area contributed by atoms with Crippen molar-refractivity contribution in [3.8, 4) is 11.5 Å². The lowest BCUT2D eigenvalue weighted by Gasteiger charge is -2.44. The maximum atomic E-state index is 7.32. The number of nitrogens with zero attached hydrogens (tertiary/aromatic N) is 2. The van der Waals surface area contributed by atoms with Crippen molar-refractivity contribution in [3.05, 3.63) is 84.9 Å². The Kier molecular flexibility index (Phi) is 6.49. The smallest absolute Gasteiger partial charge is 0.207 e. The van der Waals surface area contributed by atoms with Crippen LogP contribution in [0.4, 0.5) is 5.69 Å². The summed E-state index contributed by atoms with van der Waals surface area (Å²) >= 11 is 0. The molecule has 3 aliphatic rings. The van der Waals surface area contributed by atoms with E-state index in [0.29, 0.717) is 35.8 Å². The first kappa shape index (κ1) is 28.1. The number of benzene rings is 3. The Labute approximate surface area is 247 Å². The maximum absolute atomic E-state index is 7.32. The standard InChI is InChI=1S/C38H49N2O/c1-18-19(2)23(6)33(24(7)20(18)3)36-29-14-16-31-34(25(8)21(4)27(10)39(31)12)37(29)41-38-30(36)15-17-32-35(38)26(9)22(5)28(11)40(32)13/h14-17,21-22,25-28H,1-13H3/q+1. The molecular formula is C38H49N2O+. The van der Waals surface area contributed by atoms with Crippen molar-refractivity contribution in [1.82, 2.24) is 4.58 Å². The summed E-state index contributed by atoms with van der Waals surface area (Å²) in [6, 6.07) is 10.4. The number of hydrogen-bond donors (Lipinski definition) is 0. The monoisotopic (exact) mass is 549 g/mol. The van der Waals surface area contributed by atoms with Gasteiger partial charge >= 0.3 is 0 Å². The van der Waals surface area contributed by atoms with E-state index in [0.717, 1.165) is 11.5 Å². The third kappa shape index (κ3) is 3.66. The molecule has 216 valence electrons. The average molecular weight is 550 g/mol. The highest BCUT2D eigenvalue weighted by Gasteiger charge is 2.41. The second-order valence-electron chi connectivity index (χ2n) is 13.7. The summed E-state index contributed by atoms with van der Waals surface area (Å²) in [7, 11) is 4.51. The normalized spacial score (nSPS) is 26.7. The van der Waals surface area contributed by atoms with Gasteiger partial charge in [-0.25, -0.2) is 4.58 Å². The summed E-state index contributed by atoms with van der Waals surface area (Å²) in [6.07, 6.45) is 0. The van der Waals surface area contributed by atoms with Gasteiger partial charge in [0.05, 0.1) is 5.56 Å². The number of fused-ring (bicyclic) bond motifs is 6. The van der Waals surface area contributed by atoms with Crippen molar-refractivity contribution in [2.75, 3.05) is 19.0 Å². The molecule has 3 nitrogen and oxygen atoms in total.